The Balaban J connectivity index is 5.28. The fourth-order valence-electron chi connectivity index (χ4n) is 9.65. The molecule has 0 heterocycles. The molecule has 0 aromatic rings. The van der Waals surface area contributed by atoms with Crippen LogP contribution in [0.2, 0.25) is 0 Å². The largest absolute Gasteiger partial charge is 0.472 e. The Morgan fingerprint density at radius 2 is 0.621 bits per heavy atom. The van der Waals surface area contributed by atoms with Gasteiger partial charge in [0, 0.05) is 25.7 Å². The van der Waals surface area contributed by atoms with E-state index in [1.807, 2.05) is 0 Å². The van der Waals surface area contributed by atoms with Crippen molar-refractivity contribution in [3.63, 3.8) is 0 Å². The first kappa shape index (κ1) is 84.5. The highest BCUT2D eigenvalue weighted by atomic mass is 31.2. The number of aliphatic hydroxyl groups is 1. The summed E-state index contributed by atoms with van der Waals surface area (Å²) in [7, 11) is -9.91. The number of hydrogen-bond donors (Lipinski definition) is 3. The van der Waals surface area contributed by atoms with Crippen molar-refractivity contribution in [2.75, 3.05) is 39.6 Å². The third-order valence-corrected chi connectivity index (χ3v) is 16.9. The summed E-state index contributed by atoms with van der Waals surface area (Å²) in [5.74, 6) is -0.0321. The zero-order valence-corrected chi connectivity index (χ0v) is 57.7. The number of ether oxygens (including phenoxy) is 4. The van der Waals surface area contributed by atoms with E-state index in [9.17, 15) is 43.2 Å². The van der Waals surface area contributed by atoms with Gasteiger partial charge in [0.05, 0.1) is 26.4 Å². The highest BCUT2D eigenvalue weighted by Gasteiger charge is 2.30. The molecule has 0 amide bonds. The van der Waals surface area contributed by atoms with Gasteiger partial charge in [-0.2, -0.15) is 0 Å². The summed E-state index contributed by atoms with van der Waals surface area (Å²) in [6.45, 7) is 11.6. The van der Waals surface area contributed by atoms with Crippen LogP contribution in [0, 0.1) is 17.8 Å². The summed E-state index contributed by atoms with van der Waals surface area (Å²) in [5.41, 5.74) is 0. The molecule has 0 spiro atoms. The predicted octanol–water partition coefficient (Wildman–Crippen LogP) is 18.6. The van der Waals surface area contributed by atoms with Gasteiger partial charge in [0.15, 0.2) is 12.2 Å². The predicted molar refractivity (Wildman–Crippen MR) is 349 cm³/mol. The molecule has 0 aliphatic heterocycles. The lowest BCUT2D eigenvalue weighted by atomic mass is 10.0. The lowest BCUT2D eigenvalue weighted by Gasteiger charge is -2.21. The summed E-state index contributed by atoms with van der Waals surface area (Å²) >= 11 is 0. The fourth-order valence-corrected chi connectivity index (χ4v) is 11.2. The second-order valence-corrected chi connectivity index (χ2v) is 28.2. The van der Waals surface area contributed by atoms with Gasteiger partial charge in [0.2, 0.25) is 0 Å². The van der Waals surface area contributed by atoms with Crippen molar-refractivity contribution >= 4 is 39.5 Å². The van der Waals surface area contributed by atoms with E-state index in [0.717, 1.165) is 115 Å². The third-order valence-electron chi connectivity index (χ3n) is 15.0. The molecule has 0 aromatic carbocycles. The minimum absolute atomic E-state index is 0.0839. The van der Waals surface area contributed by atoms with Crippen LogP contribution in [-0.2, 0) is 65.4 Å². The Labute approximate surface area is 529 Å². The third kappa shape index (κ3) is 62.1. The maximum Gasteiger partial charge on any atom is 0.472 e. The van der Waals surface area contributed by atoms with Crippen molar-refractivity contribution in [3.05, 3.63) is 24.3 Å². The van der Waals surface area contributed by atoms with Crippen LogP contribution in [0.3, 0.4) is 0 Å². The maximum absolute atomic E-state index is 13.0. The summed E-state index contributed by atoms with van der Waals surface area (Å²) in [6, 6.07) is 0. The van der Waals surface area contributed by atoms with Gasteiger partial charge in [-0.3, -0.25) is 37.3 Å². The van der Waals surface area contributed by atoms with E-state index >= 15 is 0 Å². The van der Waals surface area contributed by atoms with Crippen LogP contribution in [0.25, 0.3) is 0 Å². The van der Waals surface area contributed by atoms with Crippen LogP contribution in [0.1, 0.15) is 312 Å². The molecule has 0 bridgehead atoms. The quantitative estimate of drug-likeness (QED) is 0.0169. The molecule has 17 nitrogen and oxygen atoms in total. The van der Waals surface area contributed by atoms with Gasteiger partial charge >= 0.3 is 39.5 Å². The maximum atomic E-state index is 13.0. The van der Waals surface area contributed by atoms with Crippen molar-refractivity contribution < 1.29 is 80.2 Å². The molecule has 87 heavy (non-hydrogen) atoms. The Morgan fingerprint density at radius 3 is 0.931 bits per heavy atom. The number of carbonyl (C=O) groups excluding carboxylic acids is 4. The van der Waals surface area contributed by atoms with Crippen LogP contribution in [-0.4, -0.2) is 96.7 Å². The first-order chi connectivity index (χ1) is 41.7. The van der Waals surface area contributed by atoms with Gasteiger partial charge in [-0.15, -0.1) is 0 Å². The number of carbonyl (C=O) groups is 4. The van der Waals surface area contributed by atoms with Crippen molar-refractivity contribution in [2.24, 2.45) is 17.8 Å². The van der Waals surface area contributed by atoms with Gasteiger partial charge in [0.25, 0.3) is 0 Å². The molecule has 512 valence electrons. The van der Waals surface area contributed by atoms with Crippen LogP contribution in [0.15, 0.2) is 24.3 Å². The number of hydrogen-bond acceptors (Lipinski definition) is 15. The van der Waals surface area contributed by atoms with Crippen LogP contribution < -0.4 is 0 Å². The summed E-state index contributed by atoms with van der Waals surface area (Å²) in [4.78, 5) is 72.3. The van der Waals surface area contributed by atoms with Gasteiger partial charge in [0.1, 0.15) is 19.3 Å². The van der Waals surface area contributed by atoms with Crippen LogP contribution in [0.4, 0.5) is 0 Å². The molecule has 0 aromatic heterocycles. The number of allylic oxidation sites excluding steroid dienone is 4. The number of phosphoric ester groups is 2. The Morgan fingerprint density at radius 1 is 0.356 bits per heavy atom. The smallest absolute Gasteiger partial charge is 0.462 e. The van der Waals surface area contributed by atoms with E-state index in [0.29, 0.717) is 31.6 Å². The molecule has 19 heteroatoms. The van der Waals surface area contributed by atoms with E-state index in [4.69, 9.17) is 37.0 Å². The molecule has 0 aliphatic rings. The van der Waals surface area contributed by atoms with Crippen LogP contribution in [0.5, 0.6) is 0 Å². The number of aliphatic hydroxyl groups excluding tert-OH is 1. The zero-order chi connectivity index (χ0) is 64.5. The lowest BCUT2D eigenvalue weighted by molar-refractivity contribution is -0.161. The monoisotopic (exact) mass is 1280 g/mol. The highest BCUT2D eigenvalue weighted by Crippen LogP contribution is 2.45. The lowest BCUT2D eigenvalue weighted by Crippen LogP contribution is -2.30. The van der Waals surface area contributed by atoms with Gasteiger partial charge in [-0.05, 0) is 69.1 Å². The van der Waals surface area contributed by atoms with E-state index < -0.39 is 97.5 Å². The standard InChI is InChI=1S/C68H128O17P2/c1-8-9-10-11-12-13-14-15-16-17-18-21-29-37-44-51-67(72)84-63(55-78-65(70)49-42-35-27-22-19-20-25-32-39-46-59(2)3)57-82-86(74,75)80-53-62(69)54-81-87(76,77)83-58-64(85-68(73)52-45-38-31-30-34-41-48-61(6)7)56-79-66(71)50-43-36-28-24-23-26-33-40-47-60(4)5/h13-16,59-64,69H,8-12,17-58H2,1-7H3,(H,74,75)(H,76,77)/b14-13-,16-15-/t62?,63-,64-/m1/s1. The van der Waals surface area contributed by atoms with Gasteiger partial charge in [-0.25, -0.2) is 9.13 Å². The molecule has 0 saturated carbocycles. The number of rotatable bonds is 64. The normalized spacial score (nSPS) is 14.4. The second kappa shape index (κ2) is 58.6. The summed E-state index contributed by atoms with van der Waals surface area (Å²) in [5, 5.41) is 10.6. The van der Waals surface area contributed by atoms with Crippen molar-refractivity contribution in [3.8, 4) is 0 Å². The Kier molecular flexibility index (Phi) is 57.0. The summed E-state index contributed by atoms with van der Waals surface area (Å²) < 4.78 is 68.1. The van der Waals surface area contributed by atoms with E-state index in [1.54, 1.807) is 0 Å². The highest BCUT2D eigenvalue weighted by molar-refractivity contribution is 7.47. The molecule has 0 saturated heterocycles. The summed E-state index contributed by atoms with van der Waals surface area (Å²) in [6.07, 6.45) is 44.1. The second-order valence-electron chi connectivity index (χ2n) is 25.3. The van der Waals surface area contributed by atoms with E-state index in [1.165, 1.54) is 109 Å². The van der Waals surface area contributed by atoms with Crippen molar-refractivity contribution in [1.29, 1.82) is 0 Å². The first-order valence-electron chi connectivity index (χ1n) is 34.7. The van der Waals surface area contributed by atoms with E-state index in [-0.39, 0.29) is 25.7 Å². The van der Waals surface area contributed by atoms with Gasteiger partial charge < -0.3 is 33.8 Å². The minimum atomic E-state index is -4.96. The Hall–Kier alpha value is -2.46. The average Bonchev–Trinajstić information content (AvgIpc) is 3.68. The zero-order valence-electron chi connectivity index (χ0n) is 56.0. The number of unbranched alkanes of at least 4 members (excludes halogenated alkanes) is 29. The molecule has 0 radical (unpaired) electrons. The molecule has 3 N–H and O–H groups in total. The molecular formula is C68H128O17P2. The fraction of sp³-hybridized carbons (Fsp3) is 0.882. The molecular weight excluding hydrogens is 1150 g/mol. The number of phosphoric acid groups is 2. The SMILES string of the molecule is CCCCCC/C=C\C=C/CCCCCCCC(=O)O[C@H](COC(=O)CCCCCCCCCCCC(C)C)COP(=O)(O)OCC(O)COP(=O)(O)OC[C@@H](COC(=O)CCCCCCCCCCC(C)C)OC(=O)CCCCCCCCC(C)C. The average molecular weight is 1280 g/mol. The topological polar surface area (TPSA) is 237 Å². The van der Waals surface area contributed by atoms with E-state index in [2.05, 4.69) is 72.8 Å². The number of esters is 4. The molecule has 0 aliphatic carbocycles. The first-order valence-corrected chi connectivity index (χ1v) is 37.7. The van der Waals surface area contributed by atoms with Crippen LogP contribution >= 0.6 is 15.6 Å². The molecule has 5 atom stereocenters. The Bertz CT molecular complexity index is 1810. The van der Waals surface area contributed by atoms with Crippen molar-refractivity contribution in [2.45, 2.75) is 330 Å². The molecule has 0 rings (SSSR count). The molecule has 3 unspecified atom stereocenters. The molecule has 0 fully saturated rings. The minimum Gasteiger partial charge on any atom is -0.462 e. The van der Waals surface area contributed by atoms with Gasteiger partial charge in [-0.1, -0.05) is 259 Å². The van der Waals surface area contributed by atoms with Crippen molar-refractivity contribution in [1.82, 2.24) is 0 Å².